The van der Waals surface area contributed by atoms with Gasteiger partial charge in [0.15, 0.2) is 0 Å². The minimum Gasteiger partial charge on any atom is -0.495 e. The Morgan fingerprint density at radius 2 is 2.05 bits per heavy atom. The smallest absolute Gasteiger partial charge is 0.319 e. The minimum atomic E-state index is -0.291. The zero-order chi connectivity index (χ0) is 26.6. The zero-order valence-electron chi connectivity index (χ0n) is 21.5. The van der Waals surface area contributed by atoms with Crippen LogP contribution in [0.25, 0.3) is 21.5 Å². The van der Waals surface area contributed by atoms with Gasteiger partial charge in [0.1, 0.15) is 10.8 Å². The number of fused-ring (bicyclic) bond motifs is 1. The number of rotatable bonds is 8. The molecular formula is C28H32ClN5O3S. The van der Waals surface area contributed by atoms with E-state index in [2.05, 4.69) is 50.6 Å². The van der Waals surface area contributed by atoms with Gasteiger partial charge in [-0.2, -0.15) is 0 Å². The molecule has 4 aromatic rings. The predicted octanol–water partition coefficient (Wildman–Crippen LogP) is 5.73. The molecule has 0 atom stereocenters. The van der Waals surface area contributed by atoms with E-state index in [1.807, 2.05) is 12.3 Å². The summed E-state index contributed by atoms with van der Waals surface area (Å²) in [5.41, 5.74) is 4.75. The molecule has 200 valence electrons. The summed E-state index contributed by atoms with van der Waals surface area (Å²) in [4.78, 5) is 20.0. The molecule has 1 aliphatic heterocycles. The molecule has 0 aliphatic carbocycles. The lowest BCUT2D eigenvalue weighted by Gasteiger charge is -2.28. The Hall–Kier alpha value is -3.11. The number of nitrogens with one attached hydrogen (secondary N) is 2. The van der Waals surface area contributed by atoms with Crippen molar-refractivity contribution in [3.63, 3.8) is 0 Å². The van der Waals surface area contributed by atoms with Crippen LogP contribution in [-0.2, 0) is 19.6 Å². The van der Waals surface area contributed by atoms with Crippen molar-refractivity contribution in [2.24, 2.45) is 0 Å². The number of urea groups is 1. The number of thiazole rings is 1. The number of benzene rings is 2. The third-order valence-corrected chi connectivity index (χ3v) is 8.12. The molecule has 8 nitrogen and oxygen atoms in total. The summed E-state index contributed by atoms with van der Waals surface area (Å²) >= 11 is 7.84. The fourth-order valence-corrected chi connectivity index (χ4v) is 5.87. The lowest BCUT2D eigenvalue weighted by molar-refractivity contribution is 0.0787. The van der Waals surface area contributed by atoms with E-state index in [-0.39, 0.29) is 12.1 Å². The molecule has 0 unspecified atom stereocenters. The molecule has 3 heterocycles. The number of amides is 2. The Bertz CT molecular complexity index is 1430. The number of aliphatic hydroxyl groups excluding tert-OH is 1. The van der Waals surface area contributed by atoms with Gasteiger partial charge in [0.2, 0.25) is 0 Å². The summed E-state index contributed by atoms with van der Waals surface area (Å²) in [5, 5.41) is 20.2. The van der Waals surface area contributed by atoms with E-state index in [9.17, 15) is 9.90 Å². The molecule has 2 aromatic carbocycles. The van der Waals surface area contributed by atoms with Crippen molar-refractivity contribution in [2.75, 3.05) is 25.5 Å². The van der Waals surface area contributed by atoms with E-state index in [0.29, 0.717) is 17.3 Å². The Morgan fingerprint density at radius 3 is 2.79 bits per heavy atom. The number of aryl methyl sites for hydroxylation is 1. The Kier molecular flexibility index (Phi) is 8.18. The summed E-state index contributed by atoms with van der Waals surface area (Å²) in [6.45, 7) is 5.79. The molecular weight excluding hydrogens is 522 g/mol. The van der Waals surface area contributed by atoms with E-state index >= 15 is 0 Å². The maximum Gasteiger partial charge on any atom is 0.319 e. The van der Waals surface area contributed by atoms with Crippen molar-refractivity contribution in [1.29, 1.82) is 0 Å². The molecule has 1 saturated heterocycles. The highest BCUT2D eigenvalue weighted by Gasteiger charge is 2.19. The van der Waals surface area contributed by atoms with Crippen LogP contribution in [0.3, 0.4) is 0 Å². The molecule has 38 heavy (non-hydrogen) atoms. The van der Waals surface area contributed by atoms with Gasteiger partial charge in [-0.15, -0.1) is 11.3 Å². The number of methoxy groups -OCH3 is 1. The first-order valence-electron chi connectivity index (χ1n) is 12.8. The second-order valence-corrected chi connectivity index (χ2v) is 10.8. The minimum absolute atomic E-state index is 0.176. The summed E-state index contributed by atoms with van der Waals surface area (Å²) in [6, 6.07) is 11.4. The van der Waals surface area contributed by atoms with Gasteiger partial charge in [0, 0.05) is 55.3 Å². The maximum absolute atomic E-state index is 12.8. The van der Waals surface area contributed by atoms with E-state index in [1.54, 1.807) is 30.6 Å². The summed E-state index contributed by atoms with van der Waals surface area (Å²) in [6.07, 6.45) is 3.43. The third kappa shape index (κ3) is 5.96. The first-order valence-corrected chi connectivity index (χ1v) is 14.0. The van der Waals surface area contributed by atoms with Crippen LogP contribution in [0.5, 0.6) is 5.75 Å². The van der Waals surface area contributed by atoms with Crippen LogP contribution in [0.4, 0.5) is 10.5 Å². The topological polar surface area (TPSA) is 91.7 Å². The second kappa shape index (κ2) is 11.7. The van der Waals surface area contributed by atoms with E-state index in [1.165, 1.54) is 0 Å². The largest absolute Gasteiger partial charge is 0.495 e. The summed E-state index contributed by atoms with van der Waals surface area (Å²) in [5.74, 6) is 0.599. The van der Waals surface area contributed by atoms with Gasteiger partial charge in [0.05, 0.1) is 35.1 Å². The fraction of sp³-hybridized carbons (Fsp3) is 0.357. The number of ether oxygens (including phenoxy) is 1. The first-order chi connectivity index (χ1) is 18.4. The van der Waals surface area contributed by atoms with Gasteiger partial charge < -0.3 is 25.0 Å². The lowest BCUT2D eigenvalue weighted by atomic mass is 10.1. The molecule has 0 radical (unpaired) electrons. The number of hydrogen-bond donors (Lipinski definition) is 3. The monoisotopic (exact) mass is 553 g/mol. The standard InChI is InChI=1S/C28H32ClN5O3S/c1-3-34-16-24(32-28(36)30-14-18-4-7-26(37-2)23(29)12-18)22-13-19(5-6-25(22)34)27-31-20(17-38-27)15-33-10-8-21(35)9-11-33/h4-7,12-13,16-17,21,35H,3,8-11,14-15H2,1-2H3,(H2,30,32,36). The highest BCUT2D eigenvalue weighted by molar-refractivity contribution is 7.13. The fourth-order valence-electron chi connectivity index (χ4n) is 4.78. The molecule has 0 spiro atoms. The highest BCUT2D eigenvalue weighted by Crippen LogP contribution is 2.33. The van der Waals surface area contributed by atoms with E-state index in [4.69, 9.17) is 21.3 Å². The first kappa shape index (κ1) is 26.5. The van der Waals surface area contributed by atoms with Gasteiger partial charge in [-0.05, 0) is 55.7 Å². The normalized spacial score (nSPS) is 14.6. The van der Waals surface area contributed by atoms with Crippen molar-refractivity contribution in [3.8, 4) is 16.3 Å². The molecule has 1 fully saturated rings. The van der Waals surface area contributed by atoms with Crippen LogP contribution in [0.2, 0.25) is 5.02 Å². The molecule has 10 heteroatoms. The number of aromatic nitrogens is 2. The highest BCUT2D eigenvalue weighted by atomic mass is 35.5. The quantitative estimate of drug-likeness (QED) is 0.259. The van der Waals surface area contributed by atoms with E-state index < -0.39 is 0 Å². The molecule has 0 saturated carbocycles. The number of carbonyl (C=O) groups excluding carboxylic acids is 1. The van der Waals surface area contributed by atoms with Gasteiger partial charge in [-0.1, -0.05) is 17.7 Å². The number of carbonyl (C=O) groups is 1. The van der Waals surface area contributed by atoms with Crippen LogP contribution in [-0.4, -0.2) is 51.9 Å². The Morgan fingerprint density at radius 1 is 1.24 bits per heavy atom. The lowest BCUT2D eigenvalue weighted by Crippen LogP contribution is -2.35. The molecule has 2 amide bonds. The number of anilines is 1. The van der Waals surface area contributed by atoms with Crippen molar-refractivity contribution < 1.29 is 14.6 Å². The van der Waals surface area contributed by atoms with Gasteiger partial charge in [-0.25, -0.2) is 9.78 Å². The maximum atomic E-state index is 12.8. The number of piperidine rings is 1. The zero-order valence-corrected chi connectivity index (χ0v) is 23.1. The van der Waals surface area contributed by atoms with Crippen molar-refractivity contribution >= 4 is 45.6 Å². The predicted molar refractivity (Wildman–Crippen MR) is 153 cm³/mol. The Balaban J connectivity index is 1.30. The molecule has 2 aromatic heterocycles. The van der Waals surface area contributed by atoms with Crippen LogP contribution in [0.15, 0.2) is 48.0 Å². The third-order valence-electron chi connectivity index (χ3n) is 6.88. The second-order valence-electron chi connectivity index (χ2n) is 9.49. The Labute approximate surface area is 231 Å². The van der Waals surface area contributed by atoms with Crippen LogP contribution >= 0.6 is 22.9 Å². The number of halogens is 1. The van der Waals surface area contributed by atoms with Crippen LogP contribution in [0.1, 0.15) is 31.0 Å². The number of nitrogens with zero attached hydrogens (tertiary/aromatic N) is 3. The van der Waals surface area contributed by atoms with Gasteiger partial charge in [-0.3, -0.25) is 4.90 Å². The van der Waals surface area contributed by atoms with Crippen molar-refractivity contribution in [3.05, 3.63) is 64.3 Å². The summed E-state index contributed by atoms with van der Waals surface area (Å²) < 4.78 is 7.31. The number of aliphatic hydroxyl groups is 1. The van der Waals surface area contributed by atoms with Crippen molar-refractivity contribution in [1.82, 2.24) is 19.8 Å². The van der Waals surface area contributed by atoms with Crippen LogP contribution < -0.4 is 15.4 Å². The van der Waals surface area contributed by atoms with Gasteiger partial charge >= 0.3 is 6.03 Å². The SMILES string of the molecule is CCn1cc(NC(=O)NCc2ccc(OC)c(Cl)c2)c2cc(-c3nc(CN4CCC(O)CC4)cs3)ccc21. The average Bonchev–Trinajstić information content (AvgIpc) is 3.53. The summed E-state index contributed by atoms with van der Waals surface area (Å²) in [7, 11) is 1.57. The molecule has 1 aliphatic rings. The number of hydrogen-bond acceptors (Lipinski definition) is 6. The molecule has 0 bridgehead atoms. The van der Waals surface area contributed by atoms with Gasteiger partial charge in [0.25, 0.3) is 0 Å². The average molecular weight is 554 g/mol. The molecule has 3 N–H and O–H groups in total. The molecule has 5 rings (SSSR count). The van der Waals surface area contributed by atoms with Crippen molar-refractivity contribution in [2.45, 2.75) is 45.5 Å². The number of likely N-dealkylation sites (tertiary alicyclic amines) is 1. The van der Waals surface area contributed by atoms with Crippen LogP contribution in [0, 0.1) is 0 Å². The van der Waals surface area contributed by atoms with E-state index in [0.717, 1.165) is 77.4 Å².